The molecule has 0 heterocycles. The van der Waals surface area contributed by atoms with E-state index in [0.717, 1.165) is 12.8 Å². The summed E-state index contributed by atoms with van der Waals surface area (Å²) in [6.07, 6.45) is 10.8. The molecule has 0 unspecified atom stereocenters. The van der Waals surface area contributed by atoms with Gasteiger partial charge in [0.2, 0.25) is 0 Å². The third-order valence-electron chi connectivity index (χ3n) is 3.17. The standard InChI is InChI=1S/C16H18/c1-3-14-9-7-8-12-16(14)13(2)15-10-5-4-6-11-15/h4-10,12H,3,11H2,1-2H3/b15-13-. The summed E-state index contributed by atoms with van der Waals surface area (Å²) in [5.41, 5.74) is 5.69. The number of hydrogen-bond donors (Lipinski definition) is 0. The van der Waals surface area contributed by atoms with Crippen LogP contribution in [0.1, 0.15) is 31.4 Å². The van der Waals surface area contributed by atoms with Crippen molar-refractivity contribution >= 4 is 5.57 Å². The summed E-state index contributed by atoms with van der Waals surface area (Å²) in [6, 6.07) is 8.70. The quantitative estimate of drug-likeness (QED) is 0.672. The Morgan fingerprint density at radius 1 is 1.19 bits per heavy atom. The highest BCUT2D eigenvalue weighted by Crippen LogP contribution is 2.26. The van der Waals surface area contributed by atoms with Crippen molar-refractivity contribution in [2.45, 2.75) is 26.7 Å². The van der Waals surface area contributed by atoms with Crippen LogP contribution in [-0.4, -0.2) is 0 Å². The molecule has 0 aromatic heterocycles. The van der Waals surface area contributed by atoms with Crippen molar-refractivity contribution in [2.75, 3.05) is 0 Å². The minimum Gasteiger partial charge on any atom is -0.0801 e. The van der Waals surface area contributed by atoms with E-state index in [0.29, 0.717) is 0 Å². The van der Waals surface area contributed by atoms with Crippen LogP contribution in [0, 0.1) is 0 Å². The Balaban J connectivity index is 2.44. The van der Waals surface area contributed by atoms with E-state index < -0.39 is 0 Å². The maximum atomic E-state index is 2.23. The highest BCUT2D eigenvalue weighted by molar-refractivity contribution is 5.72. The van der Waals surface area contributed by atoms with Gasteiger partial charge < -0.3 is 0 Å². The van der Waals surface area contributed by atoms with Crippen LogP contribution in [0.4, 0.5) is 0 Å². The zero-order valence-corrected chi connectivity index (χ0v) is 10.0. The Morgan fingerprint density at radius 2 is 2.00 bits per heavy atom. The second kappa shape index (κ2) is 4.98. The van der Waals surface area contributed by atoms with Crippen molar-refractivity contribution in [1.82, 2.24) is 0 Å². The summed E-state index contributed by atoms with van der Waals surface area (Å²) in [4.78, 5) is 0. The molecule has 0 heteroatoms. The Morgan fingerprint density at radius 3 is 2.69 bits per heavy atom. The van der Waals surface area contributed by atoms with E-state index in [1.807, 2.05) is 0 Å². The largest absolute Gasteiger partial charge is 0.0801 e. The summed E-state index contributed by atoms with van der Waals surface area (Å²) in [5, 5.41) is 0. The molecular formula is C16H18. The van der Waals surface area contributed by atoms with E-state index >= 15 is 0 Å². The fourth-order valence-electron chi connectivity index (χ4n) is 2.16. The highest BCUT2D eigenvalue weighted by atomic mass is 14.1. The normalized spacial score (nSPS) is 17.6. The van der Waals surface area contributed by atoms with E-state index in [1.165, 1.54) is 22.3 Å². The maximum absolute atomic E-state index is 2.23. The molecule has 1 aliphatic rings. The van der Waals surface area contributed by atoms with Gasteiger partial charge in [0.15, 0.2) is 0 Å². The lowest BCUT2D eigenvalue weighted by atomic mass is 9.93. The minimum atomic E-state index is 1.06. The Labute approximate surface area is 98.0 Å². The van der Waals surface area contributed by atoms with Crippen molar-refractivity contribution in [3.8, 4) is 0 Å². The van der Waals surface area contributed by atoms with E-state index in [9.17, 15) is 0 Å². The van der Waals surface area contributed by atoms with Crippen LogP contribution < -0.4 is 0 Å². The van der Waals surface area contributed by atoms with Crippen molar-refractivity contribution in [1.29, 1.82) is 0 Å². The molecule has 1 aromatic rings. The predicted octanol–water partition coefficient (Wildman–Crippen LogP) is 4.54. The van der Waals surface area contributed by atoms with Crippen molar-refractivity contribution in [3.63, 3.8) is 0 Å². The Hall–Kier alpha value is -1.56. The van der Waals surface area contributed by atoms with Gasteiger partial charge in [0, 0.05) is 0 Å². The average Bonchev–Trinajstić information content (AvgIpc) is 2.39. The maximum Gasteiger partial charge on any atom is -0.00915 e. The van der Waals surface area contributed by atoms with Gasteiger partial charge in [0.05, 0.1) is 0 Å². The minimum absolute atomic E-state index is 1.06. The summed E-state index contributed by atoms with van der Waals surface area (Å²) >= 11 is 0. The second-order valence-corrected chi connectivity index (χ2v) is 4.15. The van der Waals surface area contributed by atoms with Gasteiger partial charge in [-0.05, 0) is 42.0 Å². The number of allylic oxidation sites excluding steroid dienone is 6. The van der Waals surface area contributed by atoms with Gasteiger partial charge in [-0.3, -0.25) is 0 Å². The topological polar surface area (TPSA) is 0 Å². The first-order valence-corrected chi connectivity index (χ1v) is 5.94. The molecule has 16 heavy (non-hydrogen) atoms. The Bertz CT molecular complexity index is 459. The van der Waals surface area contributed by atoms with E-state index in [1.54, 1.807) is 0 Å². The first-order valence-electron chi connectivity index (χ1n) is 5.94. The molecule has 0 saturated heterocycles. The lowest BCUT2D eigenvalue weighted by Crippen LogP contribution is -1.93. The lowest BCUT2D eigenvalue weighted by molar-refractivity contribution is 1.12. The van der Waals surface area contributed by atoms with Gasteiger partial charge in [0.1, 0.15) is 0 Å². The molecule has 0 bridgehead atoms. The van der Waals surface area contributed by atoms with E-state index in [2.05, 4.69) is 62.4 Å². The van der Waals surface area contributed by atoms with Crippen LogP contribution >= 0.6 is 0 Å². The smallest absolute Gasteiger partial charge is 0.00915 e. The third kappa shape index (κ3) is 2.16. The molecule has 0 aliphatic heterocycles. The molecule has 1 aliphatic carbocycles. The first kappa shape index (κ1) is 10.9. The fourth-order valence-corrected chi connectivity index (χ4v) is 2.16. The molecule has 0 saturated carbocycles. The van der Waals surface area contributed by atoms with Crippen molar-refractivity contribution in [3.05, 3.63) is 65.3 Å². The summed E-state index contributed by atoms with van der Waals surface area (Å²) < 4.78 is 0. The van der Waals surface area contributed by atoms with Crippen molar-refractivity contribution < 1.29 is 0 Å². The Kier molecular flexibility index (Phi) is 3.40. The molecule has 0 amide bonds. The molecule has 0 fully saturated rings. The van der Waals surface area contributed by atoms with Gasteiger partial charge in [0.25, 0.3) is 0 Å². The molecule has 0 nitrogen and oxygen atoms in total. The predicted molar refractivity (Wildman–Crippen MR) is 71.3 cm³/mol. The zero-order chi connectivity index (χ0) is 11.4. The third-order valence-corrected chi connectivity index (χ3v) is 3.17. The molecular weight excluding hydrogens is 192 g/mol. The molecule has 0 spiro atoms. The van der Waals surface area contributed by atoms with Crippen LogP contribution in [0.15, 0.2) is 54.1 Å². The zero-order valence-electron chi connectivity index (χ0n) is 10.0. The molecule has 0 atom stereocenters. The second-order valence-electron chi connectivity index (χ2n) is 4.15. The van der Waals surface area contributed by atoms with Gasteiger partial charge in [-0.15, -0.1) is 0 Å². The monoisotopic (exact) mass is 210 g/mol. The molecule has 82 valence electrons. The van der Waals surface area contributed by atoms with Crippen molar-refractivity contribution in [2.24, 2.45) is 0 Å². The number of aryl methyl sites for hydroxylation is 1. The molecule has 1 aromatic carbocycles. The van der Waals surface area contributed by atoms with Crippen LogP contribution in [0.25, 0.3) is 5.57 Å². The highest BCUT2D eigenvalue weighted by Gasteiger charge is 2.06. The fraction of sp³-hybridized carbons (Fsp3) is 0.250. The van der Waals surface area contributed by atoms with Crippen LogP contribution in [0.3, 0.4) is 0 Å². The van der Waals surface area contributed by atoms with E-state index in [4.69, 9.17) is 0 Å². The first-order chi connectivity index (χ1) is 7.83. The van der Waals surface area contributed by atoms with Gasteiger partial charge in [-0.1, -0.05) is 55.5 Å². The van der Waals surface area contributed by atoms with E-state index in [-0.39, 0.29) is 0 Å². The van der Waals surface area contributed by atoms with Gasteiger partial charge >= 0.3 is 0 Å². The SMILES string of the molecule is CCc1ccccc1/C(C)=C1/C=CC=CC1. The number of hydrogen-bond acceptors (Lipinski definition) is 0. The van der Waals surface area contributed by atoms with Crippen LogP contribution in [0.5, 0.6) is 0 Å². The molecule has 0 radical (unpaired) electrons. The average molecular weight is 210 g/mol. The number of benzene rings is 1. The summed E-state index contributed by atoms with van der Waals surface area (Å²) in [7, 11) is 0. The van der Waals surface area contributed by atoms with Crippen LogP contribution in [-0.2, 0) is 6.42 Å². The van der Waals surface area contributed by atoms with Gasteiger partial charge in [-0.25, -0.2) is 0 Å². The summed E-state index contributed by atoms with van der Waals surface area (Å²) in [6.45, 7) is 4.45. The summed E-state index contributed by atoms with van der Waals surface area (Å²) in [5.74, 6) is 0. The molecule has 2 rings (SSSR count). The van der Waals surface area contributed by atoms with Crippen LogP contribution in [0.2, 0.25) is 0 Å². The van der Waals surface area contributed by atoms with Gasteiger partial charge in [-0.2, -0.15) is 0 Å². The number of rotatable bonds is 2. The lowest BCUT2D eigenvalue weighted by Gasteiger charge is -2.12. The molecule has 0 N–H and O–H groups in total.